The highest BCUT2D eigenvalue weighted by Crippen LogP contribution is 2.18. The monoisotopic (exact) mass is 310 g/mol. The highest BCUT2D eigenvalue weighted by atomic mass is 16.5. The van der Waals surface area contributed by atoms with Crippen LogP contribution in [-0.2, 0) is 11.2 Å². The first-order valence-electron chi connectivity index (χ1n) is 8.03. The standard InChI is InChI=1S/C19H22N2O2/c1-14-4-3-5-16(10-14)11-19(22)21-9-8-17(13-21)23-18-7-6-15(2)12-20-18/h3-7,10,12,17H,8-9,11,13H2,1-2H3. The van der Waals surface area contributed by atoms with Gasteiger partial charge in [0.05, 0.1) is 13.0 Å². The molecule has 1 fully saturated rings. The van der Waals surface area contributed by atoms with Crippen molar-refractivity contribution in [3.63, 3.8) is 0 Å². The average molecular weight is 310 g/mol. The van der Waals surface area contributed by atoms with Gasteiger partial charge in [0.1, 0.15) is 6.10 Å². The number of carbonyl (C=O) groups excluding carboxylic acids is 1. The van der Waals surface area contributed by atoms with Gasteiger partial charge >= 0.3 is 0 Å². The van der Waals surface area contributed by atoms with Crippen molar-refractivity contribution >= 4 is 5.91 Å². The summed E-state index contributed by atoms with van der Waals surface area (Å²) in [5.74, 6) is 0.798. The summed E-state index contributed by atoms with van der Waals surface area (Å²) in [5, 5.41) is 0. The van der Waals surface area contributed by atoms with Gasteiger partial charge in [-0.15, -0.1) is 0 Å². The number of ether oxygens (including phenoxy) is 1. The van der Waals surface area contributed by atoms with E-state index in [1.165, 1.54) is 5.56 Å². The van der Waals surface area contributed by atoms with Crippen molar-refractivity contribution in [2.45, 2.75) is 32.8 Å². The Hall–Kier alpha value is -2.36. The Balaban J connectivity index is 1.54. The maximum absolute atomic E-state index is 12.4. The van der Waals surface area contributed by atoms with Crippen LogP contribution in [-0.4, -0.2) is 35.0 Å². The molecule has 0 aliphatic carbocycles. The fraction of sp³-hybridized carbons (Fsp3) is 0.368. The average Bonchev–Trinajstić information content (AvgIpc) is 2.98. The fourth-order valence-corrected chi connectivity index (χ4v) is 2.85. The Kier molecular flexibility index (Phi) is 4.60. The number of amides is 1. The SMILES string of the molecule is Cc1ccc(OC2CCN(C(=O)Cc3cccc(C)c3)C2)nc1. The maximum Gasteiger partial charge on any atom is 0.227 e. The molecule has 4 nitrogen and oxygen atoms in total. The molecule has 0 spiro atoms. The zero-order valence-corrected chi connectivity index (χ0v) is 13.7. The van der Waals surface area contributed by atoms with Gasteiger partial charge in [-0.3, -0.25) is 4.79 Å². The van der Waals surface area contributed by atoms with Gasteiger partial charge in [0.25, 0.3) is 0 Å². The van der Waals surface area contributed by atoms with Crippen LogP contribution in [0.2, 0.25) is 0 Å². The zero-order valence-electron chi connectivity index (χ0n) is 13.7. The molecule has 1 aromatic carbocycles. The van der Waals surface area contributed by atoms with Crippen molar-refractivity contribution in [1.82, 2.24) is 9.88 Å². The third-order valence-electron chi connectivity index (χ3n) is 4.11. The van der Waals surface area contributed by atoms with E-state index >= 15 is 0 Å². The van der Waals surface area contributed by atoms with Crippen LogP contribution >= 0.6 is 0 Å². The quantitative estimate of drug-likeness (QED) is 0.872. The van der Waals surface area contributed by atoms with Gasteiger partial charge in [0.15, 0.2) is 0 Å². The van der Waals surface area contributed by atoms with E-state index in [0.717, 1.165) is 24.1 Å². The second kappa shape index (κ2) is 6.82. The van der Waals surface area contributed by atoms with Crippen molar-refractivity contribution in [2.75, 3.05) is 13.1 Å². The van der Waals surface area contributed by atoms with Crippen LogP contribution in [0.5, 0.6) is 5.88 Å². The number of likely N-dealkylation sites (tertiary alicyclic amines) is 1. The van der Waals surface area contributed by atoms with Crippen molar-refractivity contribution < 1.29 is 9.53 Å². The first kappa shape index (κ1) is 15.5. The van der Waals surface area contributed by atoms with Crippen LogP contribution in [0.25, 0.3) is 0 Å². The summed E-state index contributed by atoms with van der Waals surface area (Å²) in [4.78, 5) is 18.6. The summed E-state index contributed by atoms with van der Waals surface area (Å²) in [6.45, 7) is 5.43. The predicted octanol–water partition coefficient (Wildman–Crippen LogP) is 2.92. The normalized spacial score (nSPS) is 17.3. The number of hydrogen-bond acceptors (Lipinski definition) is 3. The molecule has 1 saturated heterocycles. The van der Waals surface area contributed by atoms with Gasteiger partial charge < -0.3 is 9.64 Å². The molecule has 0 radical (unpaired) electrons. The molecular weight excluding hydrogens is 288 g/mol. The van der Waals surface area contributed by atoms with E-state index in [-0.39, 0.29) is 12.0 Å². The lowest BCUT2D eigenvalue weighted by atomic mass is 10.1. The molecule has 0 saturated carbocycles. The second-order valence-corrected chi connectivity index (χ2v) is 6.21. The van der Waals surface area contributed by atoms with Gasteiger partial charge in [-0.25, -0.2) is 4.98 Å². The highest BCUT2D eigenvalue weighted by molar-refractivity contribution is 5.79. The molecule has 23 heavy (non-hydrogen) atoms. The van der Waals surface area contributed by atoms with Gasteiger partial charge in [-0.1, -0.05) is 35.9 Å². The van der Waals surface area contributed by atoms with Crippen LogP contribution in [0.1, 0.15) is 23.1 Å². The number of benzene rings is 1. The summed E-state index contributed by atoms with van der Waals surface area (Å²) < 4.78 is 5.88. The van der Waals surface area contributed by atoms with E-state index in [9.17, 15) is 4.79 Å². The second-order valence-electron chi connectivity index (χ2n) is 6.21. The van der Waals surface area contributed by atoms with Crippen LogP contribution in [0, 0.1) is 13.8 Å². The molecule has 1 aliphatic rings. The molecule has 1 unspecified atom stereocenters. The third-order valence-corrected chi connectivity index (χ3v) is 4.11. The number of carbonyl (C=O) groups is 1. The molecular formula is C19H22N2O2. The topological polar surface area (TPSA) is 42.4 Å². The minimum atomic E-state index is 0.0339. The number of aryl methyl sites for hydroxylation is 2. The van der Waals surface area contributed by atoms with Crippen molar-refractivity contribution in [1.29, 1.82) is 0 Å². The molecule has 3 rings (SSSR count). The molecule has 4 heteroatoms. The summed E-state index contributed by atoms with van der Waals surface area (Å²) >= 11 is 0. The lowest BCUT2D eigenvalue weighted by Gasteiger charge is -2.17. The van der Waals surface area contributed by atoms with Crippen LogP contribution in [0.15, 0.2) is 42.6 Å². The number of hydrogen-bond donors (Lipinski definition) is 0. The summed E-state index contributed by atoms with van der Waals surface area (Å²) in [5.41, 5.74) is 3.36. The summed E-state index contributed by atoms with van der Waals surface area (Å²) in [7, 11) is 0. The molecule has 120 valence electrons. The minimum Gasteiger partial charge on any atom is -0.472 e. The highest BCUT2D eigenvalue weighted by Gasteiger charge is 2.27. The largest absolute Gasteiger partial charge is 0.472 e. The number of nitrogens with zero attached hydrogens (tertiary/aromatic N) is 2. The third kappa shape index (κ3) is 4.09. The minimum absolute atomic E-state index is 0.0339. The van der Waals surface area contributed by atoms with Gasteiger partial charge in [0, 0.05) is 25.2 Å². The molecule has 2 aromatic rings. The van der Waals surface area contributed by atoms with E-state index in [2.05, 4.69) is 11.1 Å². The summed E-state index contributed by atoms with van der Waals surface area (Å²) in [6, 6.07) is 12.0. The number of pyridine rings is 1. The van der Waals surface area contributed by atoms with Crippen LogP contribution in [0.4, 0.5) is 0 Å². The molecule has 2 heterocycles. The van der Waals surface area contributed by atoms with E-state index < -0.39 is 0 Å². The Labute approximate surface area is 137 Å². The van der Waals surface area contributed by atoms with Crippen LogP contribution in [0.3, 0.4) is 0 Å². The van der Waals surface area contributed by atoms with Crippen molar-refractivity contribution in [2.24, 2.45) is 0 Å². The zero-order chi connectivity index (χ0) is 16.2. The lowest BCUT2D eigenvalue weighted by molar-refractivity contribution is -0.129. The van der Waals surface area contributed by atoms with E-state index in [1.807, 2.05) is 49.1 Å². The van der Waals surface area contributed by atoms with Gasteiger partial charge in [-0.2, -0.15) is 0 Å². The van der Waals surface area contributed by atoms with E-state index in [4.69, 9.17) is 4.74 Å². The molecule has 1 amide bonds. The summed E-state index contributed by atoms with van der Waals surface area (Å²) in [6.07, 6.45) is 3.14. The van der Waals surface area contributed by atoms with Gasteiger partial charge in [-0.05, 0) is 25.0 Å². The first-order valence-corrected chi connectivity index (χ1v) is 8.03. The van der Waals surface area contributed by atoms with Gasteiger partial charge in [0.2, 0.25) is 11.8 Å². The molecule has 1 aliphatic heterocycles. The van der Waals surface area contributed by atoms with E-state index in [1.54, 1.807) is 6.20 Å². The molecule has 0 N–H and O–H groups in total. The van der Waals surface area contributed by atoms with Crippen molar-refractivity contribution in [3.05, 3.63) is 59.3 Å². The Morgan fingerprint density at radius 1 is 1.26 bits per heavy atom. The predicted molar refractivity (Wildman–Crippen MR) is 89.5 cm³/mol. The Morgan fingerprint density at radius 2 is 2.13 bits per heavy atom. The lowest BCUT2D eigenvalue weighted by Crippen LogP contribution is -2.32. The van der Waals surface area contributed by atoms with Crippen LogP contribution < -0.4 is 4.74 Å². The van der Waals surface area contributed by atoms with Crippen molar-refractivity contribution in [3.8, 4) is 5.88 Å². The Morgan fingerprint density at radius 3 is 2.87 bits per heavy atom. The Bertz CT molecular complexity index is 682. The molecule has 0 bridgehead atoms. The number of aromatic nitrogens is 1. The number of rotatable bonds is 4. The fourth-order valence-electron chi connectivity index (χ4n) is 2.85. The first-order chi connectivity index (χ1) is 11.1. The van der Waals surface area contributed by atoms with E-state index in [0.29, 0.717) is 18.8 Å². The molecule has 1 aromatic heterocycles. The maximum atomic E-state index is 12.4. The molecule has 1 atom stereocenters. The smallest absolute Gasteiger partial charge is 0.227 e.